The minimum absolute atomic E-state index is 0.119. The molecule has 1 N–H and O–H groups in total. The van der Waals surface area contributed by atoms with E-state index in [-0.39, 0.29) is 10.6 Å². The maximum Gasteiger partial charge on any atom is 0.269 e. The minimum Gasteiger partial charge on any atom is -0.360 e. The van der Waals surface area contributed by atoms with Crippen LogP contribution in [0.2, 0.25) is 0 Å². The average molecular weight is 400 g/mol. The second-order valence-electron chi connectivity index (χ2n) is 7.13. The van der Waals surface area contributed by atoms with Crippen LogP contribution in [-0.2, 0) is 6.67 Å². The van der Waals surface area contributed by atoms with Crippen molar-refractivity contribution in [3.63, 3.8) is 0 Å². The lowest BCUT2D eigenvalue weighted by Gasteiger charge is -2.33. The molecule has 0 spiro atoms. The Labute approximate surface area is 167 Å². The van der Waals surface area contributed by atoms with E-state index in [1.807, 2.05) is 41.1 Å². The number of nitro benzene ring substituents is 1. The Hall–Kier alpha value is -2.85. The molecule has 10 heteroatoms. The molecule has 1 aliphatic heterocycles. The van der Waals surface area contributed by atoms with Gasteiger partial charge in [0.15, 0.2) is 6.67 Å². The predicted molar refractivity (Wildman–Crippen MR) is 107 cm³/mol. The third-order valence-corrected chi connectivity index (χ3v) is 5.53. The Morgan fingerprint density at radius 3 is 2.54 bits per heavy atom. The third kappa shape index (κ3) is 3.48. The maximum absolute atomic E-state index is 10.8. The van der Waals surface area contributed by atoms with E-state index in [0.717, 1.165) is 43.3 Å². The fraction of sp³-hybridized carbons (Fsp3) is 0.389. The summed E-state index contributed by atoms with van der Waals surface area (Å²) in [7, 11) is 0. The SMILES string of the molecule is Cc1cc(C)n2c(=S)n(C[NH+]3CCN(c4ccc([N+](=O)[O-])cc4)CC3)nc2n1. The molecule has 1 fully saturated rings. The van der Waals surface area contributed by atoms with E-state index in [1.165, 1.54) is 4.90 Å². The fourth-order valence-electron chi connectivity index (χ4n) is 3.67. The number of fused-ring (bicyclic) bond motifs is 1. The van der Waals surface area contributed by atoms with Crippen LogP contribution >= 0.6 is 12.2 Å². The number of piperazine rings is 1. The zero-order valence-corrected chi connectivity index (χ0v) is 16.6. The van der Waals surface area contributed by atoms with Crippen molar-refractivity contribution < 1.29 is 9.82 Å². The van der Waals surface area contributed by atoms with Crippen molar-refractivity contribution in [3.05, 3.63) is 56.6 Å². The van der Waals surface area contributed by atoms with Crippen LogP contribution in [0.3, 0.4) is 0 Å². The van der Waals surface area contributed by atoms with Gasteiger partial charge in [-0.2, -0.15) is 4.68 Å². The number of hydrogen-bond acceptors (Lipinski definition) is 6. The summed E-state index contributed by atoms with van der Waals surface area (Å²) in [6, 6.07) is 8.75. The molecular weight excluding hydrogens is 378 g/mol. The molecule has 28 heavy (non-hydrogen) atoms. The van der Waals surface area contributed by atoms with Gasteiger partial charge in [-0.05, 0) is 44.3 Å². The van der Waals surface area contributed by atoms with E-state index in [0.29, 0.717) is 17.2 Å². The maximum atomic E-state index is 10.8. The largest absolute Gasteiger partial charge is 0.360 e. The molecule has 146 valence electrons. The van der Waals surface area contributed by atoms with Gasteiger partial charge in [0.2, 0.25) is 4.77 Å². The number of benzene rings is 1. The van der Waals surface area contributed by atoms with Crippen LogP contribution in [0.15, 0.2) is 30.3 Å². The zero-order valence-electron chi connectivity index (χ0n) is 15.8. The molecule has 0 amide bonds. The molecule has 3 aromatic rings. The van der Waals surface area contributed by atoms with Crippen molar-refractivity contribution in [1.82, 2.24) is 19.2 Å². The van der Waals surface area contributed by atoms with Gasteiger partial charge in [0.25, 0.3) is 11.5 Å². The van der Waals surface area contributed by atoms with Gasteiger partial charge < -0.3 is 9.80 Å². The summed E-state index contributed by atoms with van der Waals surface area (Å²) in [6.45, 7) is 8.32. The van der Waals surface area contributed by atoms with Crippen molar-refractivity contribution in [3.8, 4) is 0 Å². The second-order valence-corrected chi connectivity index (χ2v) is 7.49. The summed E-state index contributed by atoms with van der Waals surface area (Å²) in [5, 5.41) is 15.4. The highest BCUT2D eigenvalue weighted by atomic mass is 32.1. The summed E-state index contributed by atoms with van der Waals surface area (Å²) in [4.78, 5) is 18.6. The van der Waals surface area contributed by atoms with E-state index in [4.69, 9.17) is 12.2 Å². The van der Waals surface area contributed by atoms with Gasteiger partial charge in [0.1, 0.15) is 0 Å². The monoisotopic (exact) mass is 400 g/mol. The summed E-state index contributed by atoms with van der Waals surface area (Å²) in [6.07, 6.45) is 0. The topological polar surface area (TPSA) is 85.9 Å². The quantitative estimate of drug-likeness (QED) is 0.402. The number of nitrogens with one attached hydrogen (secondary N) is 1. The number of aromatic nitrogens is 4. The van der Waals surface area contributed by atoms with Crippen LogP contribution in [0.5, 0.6) is 0 Å². The molecular formula is C18H22N7O2S+. The van der Waals surface area contributed by atoms with Gasteiger partial charge >= 0.3 is 0 Å². The van der Waals surface area contributed by atoms with Crippen LogP contribution in [0.25, 0.3) is 5.78 Å². The van der Waals surface area contributed by atoms with Crippen molar-refractivity contribution in [1.29, 1.82) is 0 Å². The zero-order chi connectivity index (χ0) is 19.8. The van der Waals surface area contributed by atoms with Crippen molar-refractivity contribution in [2.45, 2.75) is 20.5 Å². The summed E-state index contributed by atoms with van der Waals surface area (Å²) in [5.74, 6) is 0.645. The molecule has 1 aliphatic rings. The number of quaternary nitrogens is 1. The van der Waals surface area contributed by atoms with Crippen molar-refractivity contribution >= 4 is 29.4 Å². The number of anilines is 1. The Balaban J connectivity index is 1.44. The van der Waals surface area contributed by atoms with Gasteiger partial charge in [-0.3, -0.25) is 14.5 Å². The van der Waals surface area contributed by atoms with Gasteiger partial charge in [0.05, 0.1) is 31.1 Å². The van der Waals surface area contributed by atoms with Crippen LogP contribution in [0.1, 0.15) is 11.4 Å². The highest BCUT2D eigenvalue weighted by Crippen LogP contribution is 2.19. The van der Waals surface area contributed by atoms with Gasteiger partial charge in [-0.15, -0.1) is 5.10 Å². The Bertz CT molecular complexity index is 1080. The molecule has 0 unspecified atom stereocenters. The first-order chi connectivity index (χ1) is 13.4. The third-order valence-electron chi connectivity index (χ3n) is 5.14. The molecule has 4 rings (SSSR count). The molecule has 1 aromatic carbocycles. The van der Waals surface area contributed by atoms with Gasteiger partial charge in [-0.25, -0.2) is 4.98 Å². The van der Waals surface area contributed by atoms with Crippen LogP contribution < -0.4 is 9.80 Å². The number of nitro groups is 1. The standard InChI is InChI=1S/C18H21N7O2S/c1-13-11-14(2)24-17(19-13)20-23(18(24)28)12-21-7-9-22(10-8-21)15-3-5-16(6-4-15)25(26)27/h3-6,11H,7-10,12H2,1-2H3/p+1. The smallest absolute Gasteiger partial charge is 0.269 e. The lowest BCUT2D eigenvalue weighted by atomic mass is 10.2. The number of hydrogen-bond donors (Lipinski definition) is 1. The predicted octanol–water partition coefficient (Wildman–Crippen LogP) is 1.15. The van der Waals surface area contributed by atoms with Gasteiger partial charge in [-0.1, -0.05) is 0 Å². The van der Waals surface area contributed by atoms with Crippen molar-refractivity contribution in [2.75, 3.05) is 31.1 Å². The van der Waals surface area contributed by atoms with E-state index < -0.39 is 0 Å². The molecule has 9 nitrogen and oxygen atoms in total. The summed E-state index contributed by atoms with van der Waals surface area (Å²) in [5.41, 5.74) is 3.11. The van der Waals surface area contributed by atoms with E-state index in [1.54, 1.807) is 12.1 Å². The van der Waals surface area contributed by atoms with E-state index in [2.05, 4.69) is 15.0 Å². The number of rotatable bonds is 4. The van der Waals surface area contributed by atoms with Gasteiger partial charge in [0, 0.05) is 29.2 Å². The first-order valence-corrected chi connectivity index (χ1v) is 9.60. The van der Waals surface area contributed by atoms with Crippen LogP contribution in [0, 0.1) is 28.7 Å². The average Bonchev–Trinajstić information content (AvgIpc) is 2.98. The fourth-order valence-corrected chi connectivity index (χ4v) is 4.00. The second kappa shape index (κ2) is 7.28. The molecule has 1 saturated heterocycles. The lowest BCUT2D eigenvalue weighted by Crippen LogP contribution is -3.14. The normalized spacial score (nSPS) is 15.3. The number of non-ortho nitro benzene ring substituents is 1. The molecule has 0 bridgehead atoms. The molecule has 3 heterocycles. The molecule has 0 radical (unpaired) electrons. The van der Waals surface area contributed by atoms with E-state index in [9.17, 15) is 10.1 Å². The molecule has 2 aromatic heterocycles. The Morgan fingerprint density at radius 1 is 1.21 bits per heavy atom. The summed E-state index contributed by atoms with van der Waals surface area (Å²) >= 11 is 5.60. The lowest BCUT2D eigenvalue weighted by molar-refractivity contribution is -0.924. The Kier molecular flexibility index (Phi) is 4.82. The minimum atomic E-state index is -0.373. The molecule has 0 atom stereocenters. The summed E-state index contributed by atoms with van der Waals surface area (Å²) < 4.78 is 4.45. The molecule has 0 aliphatic carbocycles. The van der Waals surface area contributed by atoms with Crippen LogP contribution in [-0.4, -0.2) is 50.3 Å². The highest BCUT2D eigenvalue weighted by Gasteiger charge is 2.22. The van der Waals surface area contributed by atoms with Crippen LogP contribution in [0.4, 0.5) is 11.4 Å². The Morgan fingerprint density at radius 2 is 1.89 bits per heavy atom. The van der Waals surface area contributed by atoms with E-state index >= 15 is 0 Å². The first-order valence-electron chi connectivity index (χ1n) is 9.19. The number of aryl methyl sites for hydroxylation is 2. The van der Waals surface area contributed by atoms with Crippen molar-refractivity contribution in [2.24, 2.45) is 0 Å². The first kappa shape index (κ1) is 18.5. The highest BCUT2D eigenvalue weighted by molar-refractivity contribution is 7.71. The molecule has 0 saturated carbocycles. The number of nitrogens with zero attached hydrogens (tertiary/aromatic N) is 6.